The van der Waals surface area contributed by atoms with Crippen LogP contribution in [-0.4, -0.2) is 37.8 Å². The van der Waals surface area contributed by atoms with Gasteiger partial charge in [-0.1, -0.05) is 60.7 Å². The maximum atomic E-state index is 13.0. The van der Waals surface area contributed by atoms with Gasteiger partial charge in [0.2, 0.25) is 0 Å². The second-order valence-electron chi connectivity index (χ2n) is 9.32. The molecule has 35 heavy (non-hydrogen) atoms. The van der Waals surface area contributed by atoms with Crippen LogP contribution in [0.4, 0.5) is 0 Å². The van der Waals surface area contributed by atoms with Gasteiger partial charge in [-0.15, -0.1) is 0 Å². The van der Waals surface area contributed by atoms with Gasteiger partial charge in [-0.25, -0.2) is 4.98 Å². The fourth-order valence-electron chi connectivity index (χ4n) is 5.21. The van der Waals surface area contributed by atoms with E-state index >= 15 is 0 Å². The molecule has 0 saturated heterocycles. The van der Waals surface area contributed by atoms with Crippen molar-refractivity contribution < 1.29 is 15.0 Å². The van der Waals surface area contributed by atoms with E-state index in [1.54, 1.807) is 6.07 Å². The Morgan fingerprint density at radius 1 is 1.03 bits per heavy atom. The first-order valence-corrected chi connectivity index (χ1v) is 12.3. The number of aromatic nitrogens is 2. The topological polar surface area (TPSA) is 87.4 Å². The molecule has 6 nitrogen and oxygen atoms in total. The third kappa shape index (κ3) is 4.35. The predicted molar refractivity (Wildman–Crippen MR) is 136 cm³/mol. The average molecular weight is 470 g/mol. The number of nitrogens with one attached hydrogen (secondary N) is 1. The van der Waals surface area contributed by atoms with Crippen molar-refractivity contribution in [3.8, 4) is 0 Å². The van der Waals surface area contributed by atoms with Crippen LogP contribution in [-0.2, 0) is 12.1 Å². The molecule has 0 unspecified atom stereocenters. The van der Waals surface area contributed by atoms with Crippen LogP contribution in [0.15, 0.2) is 78.9 Å². The maximum Gasteiger partial charge on any atom is 0.251 e. The van der Waals surface area contributed by atoms with Gasteiger partial charge in [0.1, 0.15) is 0 Å². The maximum absolute atomic E-state index is 13.0. The Kier molecular flexibility index (Phi) is 6.41. The summed E-state index contributed by atoms with van der Waals surface area (Å²) in [5, 5.41) is 25.3. The number of aryl methyl sites for hydroxylation is 1. The van der Waals surface area contributed by atoms with Crippen LogP contribution in [0.1, 0.15) is 59.9 Å². The monoisotopic (exact) mass is 469 g/mol. The van der Waals surface area contributed by atoms with Crippen LogP contribution in [0.3, 0.4) is 0 Å². The molecule has 0 radical (unpaired) electrons. The highest BCUT2D eigenvalue weighted by atomic mass is 16.3. The number of rotatable bonds is 6. The van der Waals surface area contributed by atoms with E-state index in [0.29, 0.717) is 24.4 Å². The number of imidazole rings is 1. The van der Waals surface area contributed by atoms with E-state index in [1.807, 2.05) is 84.3 Å². The van der Waals surface area contributed by atoms with Gasteiger partial charge in [0.05, 0.1) is 17.1 Å². The first kappa shape index (κ1) is 23.3. The summed E-state index contributed by atoms with van der Waals surface area (Å²) in [5.41, 5.74) is 2.05. The molecule has 1 heterocycles. The minimum atomic E-state index is -1.46. The van der Waals surface area contributed by atoms with E-state index in [1.165, 1.54) is 0 Å². The average Bonchev–Trinajstić information content (AvgIpc) is 3.27. The summed E-state index contributed by atoms with van der Waals surface area (Å²) in [6.45, 7) is 2.59. The number of aliphatic hydroxyl groups excluding tert-OH is 1. The largest absolute Gasteiger partial charge is 0.393 e. The fraction of sp³-hybridized carbons (Fsp3) is 0.310. The highest BCUT2D eigenvalue weighted by Crippen LogP contribution is 2.37. The van der Waals surface area contributed by atoms with E-state index in [-0.39, 0.29) is 18.1 Å². The molecule has 5 rings (SSSR count). The van der Waals surface area contributed by atoms with Crippen LogP contribution < -0.4 is 5.32 Å². The van der Waals surface area contributed by atoms with E-state index in [2.05, 4.69) is 5.32 Å². The van der Waals surface area contributed by atoms with Gasteiger partial charge in [-0.2, -0.15) is 0 Å². The normalized spacial score (nSPS) is 18.5. The van der Waals surface area contributed by atoms with Gasteiger partial charge in [-0.3, -0.25) is 4.79 Å². The number of fused-ring (bicyclic) bond motifs is 1. The molecular weight excluding hydrogens is 438 g/mol. The molecule has 1 aromatic heterocycles. The predicted octanol–water partition coefficient (Wildman–Crippen LogP) is 4.37. The Balaban J connectivity index is 1.58. The summed E-state index contributed by atoms with van der Waals surface area (Å²) in [4.78, 5) is 17.9. The van der Waals surface area contributed by atoms with Crippen LogP contribution in [0, 0.1) is 0 Å². The summed E-state index contributed by atoms with van der Waals surface area (Å²) in [5.74, 6) is 0.359. The van der Waals surface area contributed by atoms with Crippen molar-refractivity contribution in [2.75, 3.05) is 0 Å². The molecule has 0 spiro atoms. The van der Waals surface area contributed by atoms with Crippen molar-refractivity contribution >= 4 is 16.9 Å². The van der Waals surface area contributed by atoms with Gasteiger partial charge in [0, 0.05) is 18.2 Å². The molecule has 4 aromatic rings. The Labute approximate surface area is 205 Å². The Bertz CT molecular complexity index is 1280. The lowest BCUT2D eigenvalue weighted by Gasteiger charge is -2.29. The lowest BCUT2D eigenvalue weighted by atomic mass is 9.85. The highest BCUT2D eigenvalue weighted by molar-refractivity contribution is 5.97. The van der Waals surface area contributed by atoms with Crippen molar-refractivity contribution in [2.24, 2.45) is 0 Å². The lowest BCUT2D eigenvalue weighted by Crippen LogP contribution is -2.39. The Morgan fingerprint density at radius 3 is 2.29 bits per heavy atom. The van der Waals surface area contributed by atoms with Crippen molar-refractivity contribution in [1.29, 1.82) is 0 Å². The fourth-order valence-corrected chi connectivity index (χ4v) is 5.21. The molecule has 0 aliphatic heterocycles. The molecule has 2 atom stereocenters. The standard InChI is InChI=1S/C29H31N3O3/c1-2-32-26-18-20(27(34)30-23-14-9-15-24(33)19-23)16-17-25(26)31-28(32)29(35,21-10-5-3-6-11-21)22-12-7-4-8-13-22/h3-8,10-13,16-18,23-24,33,35H,2,9,14-15,19H2,1H3,(H,30,34)/t23-,24+/m1/s1. The summed E-state index contributed by atoms with van der Waals surface area (Å²) in [7, 11) is 0. The van der Waals surface area contributed by atoms with Crippen LogP contribution in [0.2, 0.25) is 0 Å². The zero-order valence-corrected chi connectivity index (χ0v) is 19.9. The molecule has 1 fully saturated rings. The second-order valence-corrected chi connectivity index (χ2v) is 9.32. The number of aliphatic hydroxyl groups is 2. The summed E-state index contributed by atoms with van der Waals surface area (Å²) >= 11 is 0. The van der Waals surface area contributed by atoms with Crippen molar-refractivity contribution in [2.45, 2.75) is 56.9 Å². The molecule has 1 aliphatic rings. The van der Waals surface area contributed by atoms with E-state index < -0.39 is 5.60 Å². The summed E-state index contributed by atoms with van der Waals surface area (Å²) in [6.07, 6.45) is 2.82. The molecule has 3 N–H and O–H groups in total. The molecule has 1 amide bonds. The van der Waals surface area contributed by atoms with Crippen LogP contribution in [0.5, 0.6) is 0 Å². The number of hydrogen-bond acceptors (Lipinski definition) is 4. The number of carbonyl (C=O) groups is 1. The minimum absolute atomic E-state index is 0.0187. The van der Waals surface area contributed by atoms with E-state index in [0.717, 1.165) is 41.4 Å². The number of carbonyl (C=O) groups excluding carboxylic acids is 1. The zero-order valence-electron chi connectivity index (χ0n) is 19.9. The van der Waals surface area contributed by atoms with Gasteiger partial charge in [0.25, 0.3) is 5.91 Å². The number of hydrogen-bond donors (Lipinski definition) is 3. The Hall–Kier alpha value is -3.48. The first-order valence-electron chi connectivity index (χ1n) is 12.3. The Morgan fingerprint density at radius 2 is 1.69 bits per heavy atom. The van der Waals surface area contributed by atoms with Crippen molar-refractivity contribution in [3.63, 3.8) is 0 Å². The van der Waals surface area contributed by atoms with Crippen LogP contribution in [0.25, 0.3) is 11.0 Å². The summed E-state index contributed by atoms with van der Waals surface area (Å²) < 4.78 is 1.98. The number of amides is 1. The molecule has 0 bridgehead atoms. The molecule has 180 valence electrons. The van der Waals surface area contributed by atoms with E-state index in [9.17, 15) is 15.0 Å². The van der Waals surface area contributed by atoms with Crippen LogP contribution >= 0.6 is 0 Å². The van der Waals surface area contributed by atoms with Crippen molar-refractivity contribution in [1.82, 2.24) is 14.9 Å². The molecule has 3 aromatic carbocycles. The third-order valence-electron chi connectivity index (χ3n) is 7.02. The number of benzene rings is 3. The second kappa shape index (κ2) is 9.64. The molecule has 1 saturated carbocycles. The van der Waals surface area contributed by atoms with Crippen molar-refractivity contribution in [3.05, 3.63) is 101 Å². The van der Waals surface area contributed by atoms with Gasteiger partial charge < -0.3 is 20.1 Å². The molecule has 1 aliphatic carbocycles. The van der Waals surface area contributed by atoms with Gasteiger partial charge in [-0.05, 0) is 61.9 Å². The zero-order chi connectivity index (χ0) is 24.4. The van der Waals surface area contributed by atoms with E-state index in [4.69, 9.17) is 4.98 Å². The van der Waals surface area contributed by atoms with Gasteiger partial charge >= 0.3 is 0 Å². The molecular formula is C29H31N3O3. The lowest BCUT2D eigenvalue weighted by molar-refractivity contribution is 0.0850. The number of nitrogens with zero attached hydrogens (tertiary/aromatic N) is 2. The quantitative estimate of drug-likeness (QED) is 0.391. The minimum Gasteiger partial charge on any atom is -0.393 e. The summed E-state index contributed by atoms with van der Waals surface area (Å²) in [6, 6.07) is 24.6. The highest BCUT2D eigenvalue weighted by Gasteiger charge is 2.38. The molecule has 6 heteroatoms. The third-order valence-corrected chi connectivity index (χ3v) is 7.02. The first-order chi connectivity index (χ1) is 17.0. The smallest absolute Gasteiger partial charge is 0.251 e. The SMILES string of the molecule is CCn1c(C(O)(c2ccccc2)c2ccccc2)nc2ccc(C(=O)N[C@@H]3CCC[C@H](O)C3)cc21. The van der Waals surface area contributed by atoms with Gasteiger partial charge in [0.15, 0.2) is 11.4 Å².